The minimum atomic E-state index is -0.590. The van der Waals surface area contributed by atoms with Crippen LogP contribution >= 0.6 is 11.3 Å². The molecule has 24 heavy (non-hydrogen) atoms. The Morgan fingerprint density at radius 2 is 2.25 bits per heavy atom. The summed E-state index contributed by atoms with van der Waals surface area (Å²) in [6.45, 7) is 0.159. The zero-order valence-electron chi connectivity index (χ0n) is 12.8. The number of anilines is 1. The summed E-state index contributed by atoms with van der Waals surface area (Å²) < 4.78 is 15.0. The summed E-state index contributed by atoms with van der Waals surface area (Å²) in [6, 6.07) is 3.41. The van der Waals surface area contributed by atoms with E-state index in [-0.39, 0.29) is 23.2 Å². The molecule has 3 rings (SSSR count). The van der Waals surface area contributed by atoms with Crippen molar-refractivity contribution in [2.45, 2.75) is 31.8 Å². The van der Waals surface area contributed by atoms with E-state index in [1.807, 2.05) is 0 Å². The van der Waals surface area contributed by atoms with Gasteiger partial charge >= 0.3 is 4.87 Å². The van der Waals surface area contributed by atoms with Crippen molar-refractivity contribution in [3.63, 3.8) is 0 Å². The van der Waals surface area contributed by atoms with Gasteiger partial charge in [-0.05, 0) is 36.6 Å². The molecular formula is C16H16FN3O3S. The number of thiazole rings is 1. The number of halogens is 1. The molecule has 1 atom stereocenters. The highest BCUT2D eigenvalue weighted by atomic mass is 32.1. The summed E-state index contributed by atoms with van der Waals surface area (Å²) >= 11 is 1.05. The van der Waals surface area contributed by atoms with Crippen molar-refractivity contribution in [3.05, 3.63) is 50.8 Å². The third-order valence-electron chi connectivity index (χ3n) is 3.86. The number of hydrogen-bond acceptors (Lipinski definition) is 4. The van der Waals surface area contributed by atoms with Gasteiger partial charge in [0.2, 0.25) is 11.8 Å². The number of carbonyl (C=O) groups excluding carboxylic acids is 2. The Morgan fingerprint density at radius 3 is 2.96 bits per heavy atom. The van der Waals surface area contributed by atoms with Crippen molar-refractivity contribution in [2.24, 2.45) is 0 Å². The quantitative estimate of drug-likeness (QED) is 0.882. The second kappa shape index (κ2) is 6.96. The molecular weight excluding hydrogens is 333 g/mol. The molecule has 0 radical (unpaired) electrons. The normalized spacial score (nSPS) is 17.4. The highest BCUT2D eigenvalue weighted by Crippen LogP contribution is 2.19. The van der Waals surface area contributed by atoms with Crippen molar-refractivity contribution < 1.29 is 14.0 Å². The molecule has 0 bridgehead atoms. The lowest BCUT2D eigenvalue weighted by molar-refractivity contribution is -0.128. The van der Waals surface area contributed by atoms with Crippen LogP contribution in [0.3, 0.4) is 0 Å². The molecule has 2 aromatic rings. The second-order valence-electron chi connectivity index (χ2n) is 5.60. The van der Waals surface area contributed by atoms with Crippen LogP contribution in [-0.4, -0.2) is 22.4 Å². The molecule has 2 N–H and O–H groups in total. The van der Waals surface area contributed by atoms with E-state index in [4.69, 9.17) is 0 Å². The summed E-state index contributed by atoms with van der Waals surface area (Å²) in [6.07, 6.45) is 3.26. The van der Waals surface area contributed by atoms with Crippen LogP contribution in [0.2, 0.25) is 0 Å². The fourth-order valence-corrected chi connectivity index (χ4v) is 3.21. The third kappa shape index (κ3) is 3.70. The summed E-state index contributed by atoms with van der Waals surface area (Å²) in [4.78, 5) is 35.3. The van der Waals surface area contributed by atoms with E-state index < -0.39 is 11.9 Å². The van der Waals surface area contributed by atoms with E-state index >= 15 is 0 Å². The van der Waals surface area contributed by atoms with Crippen LogP contribution in [-0.2, 0) is 16.1 Å². The molecule has 1 aliphatic heterocycles. The molecule has 1 aromatic carbocycles. The average Bonchev–Trinajstić information content (AvgIpc) is 2.95. The highest BCUT2D eigenvalue weighted by Gasteiger charge is 2.25. The van der Waals surface area contributed by atoms with Crippen LogP contribution in [0.15, 0.2) is 34.6 Å². The van der Waals surface area contributed by atoms with Crippen molar-refractivity contribution in [1.82, 2.24) is 9.88 Å². The molecule has 0 saturated carbocycles. The Morgan fingerprint density at radius 1 is 1.42 bits per heavy atom. The minimum Gasteiger partial charge on any atom is -0.344 e. The van der Waals surface area contributed by atoms with Gasteiger partial charge in [0.25, 0.3) is 0 Å². The van der Waals surface area contributed by atoms with Crippen LogP contribution in [0.4, 0.5) is 10.1 Å². The van der Waals surface area contributed by atoms with Crippen molar-refractivity contribution in [1.29, 1.82) is 0 Å². The number of nitrogens with one attached hydrogen (secondary N) is 2. The summed E-state index contributed by atoms with van der Waals surface area (Å²) in [5.41, 5.74) is 0.922. The fraction of sp³-hybridized carbons (Fsp3) is 0.312. The third-order valence-corrected chi connectivity index (χ3v) is 4.55. The number of carbonyl (C=O) groups is 2. The van der Waals surface area contributed by atoms with Gasteiger partial charge in [-0.15, -0.1) is 0 Å². The zero-order chi connectivity index (χ0) is 17.1. The van der Waals surface area contributed by atoms with Crippen molar-refractivity contribution in [2.75, 3.05) is 5.32 Å². The Balaban J connectivity index is 1.80. The lowest BCUT2D eigenvalue weighted by Gasteiger charge is -2.23. The van der Waals surface area contributed by atoms with Crippen LogP contribution in [0.1, 0.15) is 24.8 Å². The van der Waals surface area contributed by atoms with Gasteiger partial charge in [0.15, 0.2) is 0 Å². The molecule has 8 heteroatoms. The molecule has 1 fully saturated rings. The first-order chi connectivity index (χ1) is 11.5. The number of aromatic nitrogens is 1. The smallest absolute Gasteiger partial charge is 0.307 e. The highest BCUT2D eigenvalue weighted by molar-refractivity contribution is 7.07. The molecule has 2 amide bonds. The lowest BCUT2D eigenvalue weighted by atomic mass is 10.0. The first-order valence-electron chi connectivity index (χ1n) is 7.55. The maximum atomic E-state index is 13.6. The summed E-state index contributed by atoms with van der Waals surface area (Å²) in [5, 5.41) is 7.02. The summed E-state index contributed by atoms with van der Waals surface area (Å²) in [5.74, 6) is -0.934. The van der Waals surface area contributed by atoms with Gasteiger partial charge in [0.05, 0.1) is 6.54 Å². The van der Waals surface area contributed by atoms with Gasteiger partial charge in [-0.3, -0.25) is 14.4 Å². The van der Waals surface area contributed by atoms with Gasteiger partial charge in [0.1, 0.15) is 11.9 Å². The van der Waals surface area contributed by atoms with E-state index in [0.29, 0.717) is 30.5 Å². The van der Waals surface area contributed by atoms with Crippen LogP contribution < -0.4 is 15.5 Å². The van der Waals surface area contributed by atoms with E-state index in [0.717, 1.165) is 11.3 Å². The molecule has 2 heterocycles. The van der Waals surface area contributed by atoms with E-state index in [2.05, 4.69) is 10.6 Å². The van der Waals surface area contributed by atoms with Crippen LogP contribution in [0, 0.1) is 5.82 Å². The van der Waals surface area contributed by atoms with Gasteiger partial charge in [-0.2, -0.15) is 0 Å². The van der Waals surface area contributed by atoms with Gasteiger partial charge in [0, 0.05) is 23.7 Å². The van der Waals surface area contributed by atoms with Crippen molar-refractivity contribution >= 4 is 28.8 Å². The molecule has 126 valence electrons. The standard InChI is InChI=1S/C16H16FN3O3S/c17-11-4-5-12(10(8-11)9-20-6-7-24-16(20)23)19-15(22)13-2-1-3-14(21)18-13/h4-8,13H,1-3,9H2,(H,18,21)(H,19,22)/t13-/m0/s1. The topological polar surface area (TPSA) is 80.2 Å². The number of hydrogen-bond donors (Lipinski definition) is 2. The van der Waals surface area contributed by atoms with E-state index in [9.17, 15) is 18.8 Å². The van der Waals surface area contributed by atoms with Crippen molar-refractivity contribution in [3.8, 4) is 0 Å². The van der Waals surface area contributed by atoms with Gasteiger partial charge in [-0.25, -0.2) is 4.39 Å². The number of amides is 2. The number of nitrogens with zero attached hydrogens (tertiary/aromatic N) is 1. The SMILES string of the molecule is O=C1CCC[C@@H](C(=O)Nc2ccc(F)cc2Cn2ccsc2=O)N1. The minimum absolute atomic E-state index is 0.148. The van der Waals surface area contributed by atoms with E-state index in [1.165, 1.54) is 22.8 Å². The Labute approximate surface area is 141 Å². The first kappa shape index (κ1) is 16.4. The molecule has 6 nitrogen and oxygen atoms in total. The second-order valence-corrected chi connectivity index (χ2v) is 6.46. The largest absolute Gasteiger partial charge is 0.344 e. The average molecular weight is 349 g/mol. The predicted octanol–water partition coefficient (Wildman–Crippen LogP) is 1.70. The van der Waals surface area contributed by atoms with Crippen LogP contribution in [0.25, 0.3) is 0 Å². The fourth-order valence-electron chi connectivity index (χ4n) is 2.63. The number of piperidine rings is 1. The zero-order valence-corrected chi connectivity index (χ0v) is 13.6. The molecule has 1 aliphatic rings. The summed E-state index contributed by atoms with van der Waals surface area (Å²) in [7, 11) is 0. The molecule has 1 aromatic heterocycles. The number of rotatable bonds is 4. The molecule has 0 aliphatic carbocycles. The monoisotopic (exact) mass is 349 g/mol. The van der Waals surface area contributed by atoms with E-state index in [1.54, 1.807) is 11.6 Å². The predicted molar refractivity (Wildman–Crippen MR) is 88.5 cm³/mol. The van der Waals surface area contributed by atoms with Crippen LogP contribution in [0.5, 0.6) is 0 Å². The Kier molecular flexibility index (Phi) is 4.75. The van der Waals surface area contributed by atoms with Gasteiger partial charge in [-0.1, -0.05) is 11.3 Å². The number of benzene rings is 1. The molecule has 1 saturated heterocycles. The van der Waals surface area contributed by atoms with Gasteiger partial charge < -0.3 is 15.2 Å². The first-order valence-corrected chi connectivity index (χ1v) is 8.43. The molecule has 0 unspecified atom stereocenters. The lowest BCUT2D eigenvalue weighted by Crippen LogP contribution is -2.46. The Bertz CT molecular complexity index is 830. The maximum absolute atomic E-state index is 13.6. The Hall–Kier alpha value is -2.48. The maximum Gasteiger partial charge on any atom is 0.307 e. The molecule has 0 spiro atoms.